The zero-order valence-electron chi connectivity index (χ0n) is 16.7. The second-order valence-corrected chi connectivity index (χ2v) is 7.43. The zero-order chi connectivity index (χ0) is 21.4. The van der Waals surface area contributed by atoms with Gasteiger partial charge in [-0.1, -0.05) is 6.08 Å². The first-order valence-corrected chi connectivity index (χ1v) is 10.1. The zero-order valence-corrected chi connectivity index (χ0v) is 16.7. The van der Waals surface area contributed by atoms with Crippen LogP contribution >= 0.6 is 0 Å². The van der Waals surface area contributed by atoms with Gasteiger partial charge in [-0.25, -0.2) is 19.7 Å². The molecule has 0 saturated heterocycles. The number of fused-ring (bicyclic) bond motifs is 2. The van der Waals surface area contributed by atoms with E-state index in [1.54, 1.807) is 6.33 Å². The predicted molar refractivity (Wildman–Crippen MR) is 118 cm³/mol. The quantitative estimate of drug-likeness (QED) is 0.391. The molecule has 158 valence electrons. The van der Waals surface area contributed by atoms with E-state index in [2.05, 4.69) is 25.3 Å². The van der Waals surface area contributed by atoms with Crippen LogP contribution in [0.25, 0.3) is 27.6 Å². The van der Waals surface area contributed by atoms with E-state index in [0.717, 1.165) is 39.0 Å². The summed E-state index contributed by atoms with van der Waals surface area (Å²) in [5.74, 6) is 0.695. The van der Waals surface area contributed by atoms with Crippen LogP contribution in [0.15, 0.2) is 43.0 Å². The van der Waals surface area contributed by atoms with Crippen molar-refractivity contribution in [2.75, 3.05) is 25.0 Å². The van der Waals surface area contributed by atoms with Gasteiger partial charge >= 0.3 is 6.09 Å². The summed E-state index contributed by atoms with van der Waals surface area (Å²) in [4.78, 5) is 29.1. The molecule has 0 fully saturated rings. The highest BCUT2D eigenvalue weighted by atomic mass is 16.4. The molecule has 0 saturated carbocycles. The first-order valence-electron chi connectivity index (χ1n) is 10.1. The molecule has 0 unspecified atom stereocenters. The first-order chi connectivity index (χ1) is 15.1. The van der Waals surface area contributed by atoms with E-state index in [1.807, 2.05) is 34.9 Å². The fourth-order valence-electron chi connectivity index (χ4n) is 3.89. The van der Waals surface area contributed by atoms with Crippen LogP contribution in [0.3, 0.4) is 0 Å². The second kappa shape index (κ2) is 7.73. The topological polar surface area (TPSA) is 138 Å². The Morgan fingerprint density at radius 3 is 2.94 bits per heavy atom. The number of aromatic nitrogens is 5. The molecule has 0 atom stereocenters. The van der Waals surface area contributed by atoms with Crippen LogP contribution in [0.4, 0.5) is 16.3 Å². The molecule has 1 aliphatic rings. The molecule has 0 bridgehead atoms. The number of benzene rings is 1. The second-order valence-electron chi connectivity index (χ2n) is 7.43. The van der Waals surface area contributed by atoms with Gasteiger partial charge in [0.2, 0.25) is 0 Å². The van der Waals surface area contributed by atoms with Gasteiger partial charge in [-0.15, -0.1) is 0 Å². The lowest BCUT2D eigenvalue weighted by Gasteiger charge is -2.23. The van der Waals surface area contributed by atoms with Crippen molar-refractivity contribution >= 4 is 45.2 Å². The average molecular weight is 418 g/mol. The lowest BCUT2D eigenvalue weighted by Crippen LogP contribution is -2.33. The summed E-state index contributed by atoms with van der Waals surface area (Å²) in [5, 5.41) is 13.4. The molecular weight excluding hydrogens is 396 g/mol. The Kier molecular flexibility index (Phi) is 4.75. The minimum Gasteiger partial charge on any atom is -0.465 e. The van der Waals surface area contributed by atoms with Crippen LogP contribution in [0.2, 0.25) is 0 Å². The highest BCUT2D eigenvalue weighted by Gasteiger charge is 2.19. The maximum atomic E-state index is 11.1. The van der Waals surface area contributed by atoms with Crippen molar-refractivity contribution < 1.29 is 9.90 Å². The third kappa shape index (κ3) is 3.57. The molecule has 5 N–H and O–H groups in total. The Balaban J connectivity index is 1.45. The van der Waals surface area contributed by atoms with Gasteiger partial charge in [-0.05, 0) is 36.3 Å². The summed E-state index contributed by atoms with van der Waals surface area (Å²) in [6, 6.07) is 7.97. The van der Waals surface area contributed by atoms with E-state index in [1.165, 1.54) is 11.2 Å². The Labute approximate surface area is 177 Å². The number of carbonyl (C=O) groups is 1. The molecular formula is C21H22N8O2. The van der Waals surface area contributed by atoms with Crippen molar-refractivity contribution in [1.29, 1.82) is 0 Å². The van der Waals surface area contributed by atoms with Crippen molar-refractivity contribution in [3.05, 3.63) is 48.7 Å². The number of amides is 1. The van der Waals surface area contributed by atoms with Crippen LogP contribution in [0.5, 0.6) is 0 Å². The van der Waals surface area contributed by atoms with Gasteiger partial charge in [-0.2, -0.15) is 0 Å². The number of nitrogens with two attached hydrogens (primary N) is 1. The van der Waals surface area contributed by atoms with Crippen molar-refractivity contribution in [2.45, 2.75) is 13.0 Å². The van der Waals surface area contributed by atoms with Crippen LogP contribution in [-0.2, 0) is 6.54 Å². The first kappa shape index (κ1) is 19.1. The molecule has 10 heteroatoms. The predicted octanol–water partition coefficient (Wildman–Crippen LogP) is 2.78. The van der Waals surface area contributed by atoms with Crippen molar-refractivity contribution in [1.82, 2.24) is 29.4 Å². The standard InChI is InChI=1S/C21H22N8O2/c22-5-8-29-12-25-16-2-1-14(9-18(16)29)26-19-15-10-17(27-20(15)24-11-23-19)13-3-6-28(7-4-13)21(30)31/h1-3,9-12H,4-8,22H2,(H,30,31)(H2,23,24,26,27). The SMILES string of the molecule is NCCn1cnc2ccc(Nc3ncnc4[nH]c(C5=CCN(C(=O)O)CC5)cc34)cc21. The number of anilines is 2. The molecule has 4 heterocycles. The number of nitrogens with one attached hydrogen (secondary N) is 2. The summed E-state index contributed by atoms with van der Waals surface area (Å²) >= 11 is 0. The summed E-state index contributed by atoms with van der Waals surface area (Å²) < 4.78 is 2.03. The highest BCUT2D eigenvalue weighted by molar-refractivity contribution is 5.93. The highest BCUT2D eigenvalue weighted by Crippen LogP contribution is 2.29. The van der Waals surface area contributed by atoms with Gasteiger partial charge in [0.15, 0.2) is 0 Å². The smallest absolute Gasteiger partial charge is 0.407 e. The maximum absolute atomic E-state index is 11.1. The molecule has 10 nitrogen and oxygen atoms in total. The van der Waals surface area contributed by atoms with E-state index in [9.17, 15) is 4.79 Å². The third-order valence-corrected chi connectivity index (χ3v) is 5.51. The average Bonchev–Trinajstić information content (AvgIpc) is 3.39. The fraction of sp³-hybridized carbons (Fsp3) is 0.238. The van der Waals surface area contributed by atoms with Gasteiger partial charge < -0.3 is 30.6 Å². The van der Waals surface area contributed by atoms with Crippen molar-refractivity contribution in [2.24, 2.45) is 5.73 Å². The molecule has 1 aromatic carbocycles. The van der Waals surface area contributed by atoms with Gasteiger partial charge in [0.25, 0.3) is 0 Å². The monoisotopic (exact) mass is 418 g/mol. The lowest BCUT2D eigenvalue weighted by molar-refractivity contribution is 0.150. The van der Waals surface area contributed by atoms with E-state index in [4.69, 9.17) is 10.8 Å². The molecule has 1 aliphatic heterocycles. The Morgan fingerprint density at radius 2 is 2.16 bits per heavy atom. The van der Waals surface area contributed by atoms with Gasteiger partial charge in [-0.3, -0.25) is 0 Å². The normalized spacial score (nSPS) is 14.2. The van der Waals surface area contributed by atoms with Gasteiger partial charge in [0, 0.05) is 37.6 Å². The van der Waals surface area contributed by atoms with E-state index >= 15 is 0 Å². The molecule has 0 radical (unpaired) electrons. The number of aromatic amines is 1. The number of imidazole rings is 1. The summed E-state index contributed by atoms with van der Waals surface area (Å²) in [6.45, 7) is 2.10. The molecule has 0 spiro atoms. The van der Waals surface area contributed by atoms with Gasteiger partial charge in [0.05, 0.1) is 22.7 Å². The van der Waals surface area contributed by atoms with Crippen LogP contribution in [-0.4, -0.2) is 60.2 Å². The number of H-pyrrole nitrogens is 1. The summed E-state index contributed by atoms with van der Waals surface area (Å²) in [6.07, 6.45) is 5.01. The number of carboxylic acid groups (broad SMARTS) is 1. The van der Waals surface area contributed by atoms with Crippen molar-refractivity contribution in [3.8, 4) is 0 Å². The Hall–Kier alpha value is -3.92. The minimum absolute atomic E-state index is 0.382. The van der Waals surface area contributed by atoms with Crippen LogP contribution in [0.1, 0.15) is 12.1 Å². The molecule has 3 aromatic heterocycles. The molecule has 31 heavy (non-hydrogen) atoms. The summed E-state index contributed by atoms with van der Waals surface area (Å²) in [7, 11) is 0. The number of rotatable bonds is 5. The lowest BCUT2D eigenvalue weighted by atomic mass is 10.1. The van der Waals surface area contributed by atoms with E-state index in [0.29, 0.717) is 38.4 Å². The van der Waals surface area contributed by atoms with Crippen molar-refractivity contribution in [3.63, 3.8) is 0 Å². The summed E-state index contributed by atoms with van der Waals surface area (Å²) in [5.41, 5.74) is 11.2. The fourth-order valence-corrected chi connectivity index (χ4v) is 3.89. The largest absolute Gasteiger partial charge is 0.465 e. The van der Waals surface area contributed by atoms with Crippen LogP contribution < -0.4 is 11.1 Å². The Morgan fingerprint density at radius 1 is 1.26 bits per heavy atom. The minimum atomic E-state index is -0.894. The van der Waals surface area contributed by atoms with E-state index in [-0.39, 0.29) is 0 Å². The molecule has 0 aliphatic carbocycles. The molecule has 4 aromatic rings. The Bertz CT molecular complexity index is 1310. The molecule has 1 amide bonds. The number of nitrogens with zero attached hydrogens (tertiary/aromatic N) is 5. The maximum Gasteiger partial charge on any atom is 0.407 e. The number of hydrogen-bond acceptors (Lipinski definition) is 6. The third-order valence-electron chi connectivity index (χ3n) is 5.51. The van der Waals surface area contributed by atoms with E-state index < -0.39 is 6.09 Å². The molecule has 5 rings (SSSR count). The number of hydrogen-bond donors (Lipinski definition) is 4. The van der Waals surface area contributed by atoms with Gasteiger partial charge in [0.1, 0.15) is 17.8 Å². The van der Waals surface area contributed by atoms with Crippen LogP contribution in [0, 0.1) is 0 Å².